The molecule has 2 rings (SSSR count). The van der Waals surface area contributed by atoms with Crippen LogP contribution in [0, 0.1) is 5.92 Å². The summed E-state index contributed by atoms with van der Waals surface area (Å²) in [5, 5.41) is 1.16. The van der Waals surface area contributed by atoms with Crippen LogP contribution in [0.3, 0.4) is 0 Å². The van der Waals surface area contributed by atoms with Crippen LogP contribution in [0.1, 0.15) is 38.2 Å². The molecule has 20 heavy (non-hydrogen) atoms. The first-order valence-electron chi connectivity index (χ1n) is 7.21. The number of hydrogen-bond donors (Lipinski definition) is 1. The normalized spacial score (nSPS) is 28.4. The molecule has 2 N–H and O–H groups in total. The van der Waals surface area contributed by atoms with E-state index in [4.69, 9.17) is 33.7 Å². The van der Waals surface area contributed by atoms with Gasteiger partial charge in [0.2, 0.25) is 0 Å². The highest BCUT2D eigenvalue weighted by atomic mass is 35.5. The van der Waals surface area contributed by atoms with Crippen LogP contribution in [0.4, 0.5) is 0 Å². The first-order chi connectivity index (χ1) is 9.47. The highest BCUT2D eigenvalue weighted by Crippen LogP contribution is 2.37. The van der Waals surface area contributed by atoms with Crippen molar-refractivity contribution in [3.8, 4) is 0 Å². The molecule has 1 fully saturated rings. The van der Waals surface area contributed by atoms with Crippen LogP contribution in [-0.4, -0.2) is 18.8 Å². The second kappa shape index (κ2) is 6.65. The molecule has 4 heteroatoms. The summed E-state index contributed by atoms with van der Waals surface area (Å²) in [5.74, 6) is 0.774. The molecule has 1 aliphatic carbocycles. The van der Waals surface area contributed by atoms with Gasteiger partial charge in [-0.05, 0) is 55.7 Å². The molecule has 1 aliphatic rings. The van der Waals surface area contributed by atoms with Crippen LogP contribution >= 0.6 is 23.2 Å². The van der Waals surface area contributed by atoms with Crippen molar-refractivity contribution in [1.82, 2.24) is 0 Å². The number of nitrogens with two attached hydrogens (primary N) is 1. The molecule has 0 radical (unpaired) electrons. The highest BCUT2D eigenvalue weighted by molar-refractivity contribution is 6.42. The van der Waals surface area contributed by atoms with Gasteiger partial charge in [0, 0.05) is 13.2 Å². The fraction of sp³-hybridized carbons (Fsp3) is 0.625. The first kappa shape index (κ1) is 16.1. The molecule has 1 unspecified atom stereocenters. The average molecular weight is 316 g/mol. The van der Waals surface area contributed by atoms with Crippen molar-refractivity contribution in [2.45, 2.75) is 50.7 Å². The maximum Gasteiger partial charge on any atom is 0.0832 e. The highest BCUT2D eigenvalue weighted by Gasteiger charge is 2.39. The van der Waals surface area contributed by atoms with Gasteiger partial charge >= 0.3 is 0 Å². The smallest absolute Gasteiger partial charge is 0.0832 e. The Bertz CT molecular complexity index is 456. The quantitative estimate of drug-likeness (QED) is 0.890. The molecule has 0 spiro atoms. The standard InChI is InChI=1S/C16H23Cl2NO/c1-11-5-7-16(20-2,8-6-11)15(19)10-12-3-4-13(17)14(18)9-12/h3-4,9,11,15H,5-8,10,19H2,1-2H3. The van der Waals surface area contributed by atoms with Crippen LogP contribution in [0.5, 0.6) is 0 Å². The van der Waals surface area contributed by atoms with E-state index in [9.17, 15) is 0 Å². The number of methoxy groups -OCH3 is 1. The summed E-state index contributed by atoms with van der Waals surface area (Å²) in [7, 11) is 1.78. The van der Waals surface area contributed by atoms with Gasteiger partial charge in [-0.3, -0.25) is 0 Å². The minimum Gasteiger partial charge on any atom is -0.377 e. The number of ether oxygens (including phenoxy) is 1. The van der Waals surface area contributed by atoms with Gasteiger partial charge in [-0.1, -0.05) is 36.2 Å². The molecule has 0 aromatic heterocycles. The summed E-state index contributed by atoms with van der Waals surface area (Å²) in [6.45, 7) is 2.30. The van der Waals surface area contributed by atoms with Gasteiger partial charge in [-0.15, -0.1) is 0 Å². The largest absolute Gasteiger partial charge is 0.377 e. The van der Waals surface area contributed by atoms with Crippen LogP contribution in [0.25, 0.3) is 0 Å². The van der Waals surface area contributed by atoms with Crippen molar-refractivity contribution in [3.63, 3.8) is 0 Å². The number of hydrogen-bond acceptors (Lipinski definition) is 2. The molecular formula is C16H23Cl2NO. The van der Waals surface area contributed by atoms with Crippen LogP contribution < -0.4 is 5.73 Å². The molecule has 0 saturated heterocycles. The lowest BCUT2D eigenvalue weighted by molar-refractivity contribution is -0.0659. The number of benzene rings is 1. The second-order valence-electron chi connectivity index (χ2n) is 6.01. The van der Waals surface area contributed by atoms with Crippen molar-refractivity contribution in [2.24, 2.45) is 11.7 Å². The Kier molecular flexibility index (Phi) is 5.36. The summed E-state index contributed by atoms with van der Waals surface area (Å²) < 4.78 is 5.83. The lowest BCUT2D eigenvalue weighted by Crippen LogP contribution is -2.52. The Labute approximate surface area is 131 Å². The van der Waals surface area contributed by atoms with Crippen LogP contribution in [0.15, 0.2) is 18.2 Å². The lowest BCUT2D eigenvalue weighted by atomic mass is 9.74. The van der Waals surface area contributed by atoms with Gasteiger partial charge in [-0.2, -0.15) is 0 Å². The van der Waals surface area contributed by atoms with E-state index in [1.807, 2.05) is 18.2 Å². The van der Waals surface area contributed by atoms with Gasteiger partial charge < -0.3 is 10.5 Å². The fourth-order valence-electron chi connectivity index (χ4n) is 3.08. The number of halogens is 2. The predicted molar refractivity (Wildman–Crippen MR) is 85.5 cm³/mol. The van der Waals surface area contributed by atoms with Gasteiger partial charge in [-0.25, -0.2) is 0 Å². The Hall–Kier alpha value is -0.280. The van der Waals surface area contributed by atoms with E-state index in [0.29, 0.717) is 10.0 Å². The van der Waals surface area contributed by atoms with E-state index >= 15 is 0 Å². The predicted octanol–water partition coefficient (Wildman–Crippen LogP) is 4.46. The van der Waals surface area contributed by atoms with Crippen molar-refractivity contribution < 1.29 is 4.74 Å². The average Bonchev–Trinajstić information content (AvgIpc) is 2.44. The zero-order chi connectivity index (χ0) is 14.8. The van der Waals surface area contributed by atoms with E-state index in [-0.39, 0.29) is 11.6 Å². The summed E-state index contributed by atoms with van der Waals surface area (Å²) in [6.07, 6.45) is 5.20. The molecule has 1 saturated carbocycles. The molecule has 0 aliphatic heterocycles. The zero-order valence-electron chi connectivity index (χ0n) is 12.2. The van der Waals surface area contributed by atoms with Crippen molar-refractivity contribution >= 4 is 23.2 Å². The third-order valence-electron chi connectivity index (χ3n) is 4.64. The monoisotopic (exact) mass is 315 g/mol. The van der Waals surface area contributed by atoms with E-state index in [1.54, 1.807) is 7.11 Å². The van der Waals surface area contributed by atoms with E-state index < -0.39 is 0 Å². The molecule has 0 amide bonds. The van der Waals surface area contributed by atoms with Gasteiger partial charge in [0.15, 0.2) is 0 Å². The minimum absolute atomic E-state index is 0.0164. The molecular weight excluding hydrogens is 293 g/mol. The summed E-state index contributed by atoms with van der Waals surface area (Å²) in [6, 6.07) is 5.70. The van der Waals surface area contributed by atoms with Crippen LogP contribution in [-0.2, 0) is 11.2 Å². The summed E-state index contributed by atoms with van der Waals surface area (Å²) >= 11 is 12.0. The Morgan fingerprint density at radius 3 is 2.50 bits per heavy atom. The maximum atomic E-state index is 6.46. The third kappa shape index (κ3) is 3.48. The number of rotatable bonds is 4. The molecule has 0 bridgehead atoms. The molecule has 2 nitrogen and oxygen atoms in total. The zero-order valence-corrected chi connectivity index (χ0v) is 13.7. The summed E-state index contributed by atoms with van der Waals surface area (Å²) in [5.41, 5.74) is 7.38. The Morgan fingerprint density at radius 1 is 1.30 bits per heavy atom. The SMILES string of the molecule is COC1(C(N)Cc2ccc(Cl)c(Cl)c2)CCC(C)CC1. The molecule has 1 atom stereocenters. The first-order valence-corrected chi connectivity index (χ1v) is 7.97. The Morgan fingerprint density at radius 2 is 1.95 bits per heavy atom. The van der Waals surface area contributed by atoms with E-state index in [1.165, 1.54) is 12.8 Å². The van der Waals surface area contributed by atoms with Gasteiger partial charge in [0.1, 0.15) is 0 Å². The van der Waals surface area contributed by atoms with Crippen molar-refractivity contribution in [2.75, 3.05) is 7.11 Å². The van der Waals surface area contributed by atoms with E-state index in [0.717, 1.165) is 30.7 Å². The minimum atomic E-state index is -0.196. The van der Waals surface area contributed by atoms with Gasteiger partial charge in [0.05, 0.1) is 15.6 Å². The third-order valence-corrected chi connectivity index (χ3v) is 5.38. The molecule has 0 heterocycles. The van der Waals surface area contributed by atoms with Crippen molar-refractivity contribution in [3.05, 3.63) is 33.8 Å². The molecule has 1 aromatic rings. The molecule has 1 aromatic carbocycles. The maximum absolute atomic E-state index is 6.46. The fourth-order valence-corrected chi connectivity index (χ4v) is 3.40. The Balaban J connectivity index is 2.09. The van der Waals surface area contributed by atoms with Crippen LogP contribution in [0.2, 0.25) is 10.0 Å². The van der Waals surface area contributed by atoms with Gasteiger partial charge in [0.25, 0.3) is 0 Å². The lowest BCUT2D eigenvalue weighted by Gasteiger charge is -2.42. The van der Waals surface area contributed by atoms with Crippen molar-refractivity contribution in [1.29, 1.82) is 0 Å². The molecule has 112 valence electrons. The van der Waals surface area contributed by atoms with E-state index in [2.05, 4.69) is 6.92 Å². The second-order valence-corrected chi connectivity index (χ2v) is 6.82. The topological polar surface area (TPSA) is 35.2 Å². The summed E-state index contributed by atoms with van der Waals surface area (Å²) in [4.78, 5) is 0.